The van der Waals surface area contributed by atoms with E-state index >= 15 is 0 Å². The van der Waals surface area contributed by atoms with Crippen molar-refractivity contribution < 1.29 is 9.15 Å². The Labute approximate surface area is 103 Å². The van der Waals surface area contributed by atoms with Crippen LogP contribution >= 0.6 is 0 Å². The van der Waals surface area contributed by atoms with Gasteiger partial charge < -0.3 is 14.5 Å². The van der Waals surface area contributed by atoms with E-state index in [4.69, 9.17) is 9.15 Å². The Morgan fingerprint density at radius 3 is 3.12 bits per heavy atom. The standard InChI is InChI=1S/C13H22N2O2/c1-2-16-9-3-4-12-10-15-13(17-12)7-8-14-11-5-6-11/h10-11,14H,2-9H2,1H3. The highest BCUT2D eigenvalue weighted by molar-refractivity contribution is 4.95. The van der Waals surface area contributed by atoms with E-state index in [0.717, 1.165) is 56.7 Å². The van der Waals surface area contributed by atoms with Gasteiger partial charge in [0.2, 0.25) is 0 Å². The zero-order chi connectivity index (χ0) is 11.9. The van der Waals surface area contributed by atoms with Crippen LogP contribution in [0.25, 0.3) is 0 Å². The van der Waals surface area contributed by atoms with Crippen LogP contribution in [0.3, 0.4) is 0 Å². The monoisotopic (exact) mass is 238 g/mol. The third kappa shape index (κ3) is 4.88. The van der Waals surface area contributed by atoms with E-state index in [1.807, 2.05) is 13.1 Å². The highest BCUT2D eigenvalue weighted by Gasteiger charge is 2.19. The van der Waals surface area contributed by atoms with Gasteiger partial charge in [0.05, 0.1) is 6.20 Å². The summed E-state index contributed by atoms with van der Waals surface area (Å²) in [4.78, 5) is 4.28. The third-order valence-corrected chi connectivity index (χ3v) is 2.87. The molecule has 1 aromatic rings. The second-order valence-electron chi connectivity index (χ2n) is 4.50. The van der Waals surface area contributed by atoms with Gasteiger partial charge in [-0.15, -0.1) is 0 Å². The van der Waals surface area contributed by atoms with Crippen molar-refractivity contribution >= 4 is 0 Å². The van der Waals surface area contributed by atoms with Crippen LogP contribution in [0.5, 0.6) is 0 Å². The molecule has 0 aromatic carbocycles. The van der Waals surface area contributed by atoms with Crippen LogP contribution in [0.4, 0.5) is 0 Å². The van der Waals surface area contributed by atoms with Crippen molar-refractivity contribution in [3.05, 3.63) is 17.8 Å². The molecule has 17 heavy (non-hydrogen) atoms. The maximum absolute atomic E-state index is 5.66. The molecule has 1 heterocycles. The van der Waals surface area contributed by atoms with Gasteiger partial charge >= 0.3 is 0 Å². The normalized spacial score (nSPS) is 15.4. The molecule has 0 radical (unpaired) electrons. The molecule has 0 unspecified atom stereocenters. The van der Waals surface area contributed by atoms with Gasteiger partial charge in [-0.3, -0.25) is 0 Å². The van der Waals surface area contributed by atoms with Crippen LogP contribution in [0.2, 0.25) is 0 Å². The first-order chi connectivity index (χ1) is 8.38. The molecule has 1 aromatic heterocycles. The number of hydrogen-bond donors (Lipinski definition) is 1. The Balaban J connectivity index is 1.60. The van der Waals surface area contributed by atoms with E-state index in [-0.39, 0.29) is 0 Å². The lowest BCUT2D eigenvalue weighted by molar-refractivity contribution is 0.144. The Kier molecular flexibility index (Phi) is 5.01. The Bertz CT molecular complexity index is 321. The van der Waals surface area contributed by atoms with Crippen LogP contribution in [0, 0.1) is 0 Å². The molecule has 0 bridgehead atoms. The molecule has 4 heteroatoms. The SMILES string of the molecule is CCOCCCc1cnc(CCNC2CC2)o1. The predicted octanol–water partition coefficient (Wildman–Crippen LogP) is 1.94. The Hall–Kier alpha value is -0.870. The third-order valence-electron chi connectivity index (χ3n) is 2.87. The summed E-state index contributed by atoms with van der Waals surface area (Å²) in [6.07, 6.45) is 7.31. The van der Waals surface area contributed by atoms with Gasteiger partial charge in [0, 0.05) is 38.6 Å². The summed E-state index contributed by atoms with van der Waals surface area (Å²) in [5.74, 6) is 1.83. The summed E-state index contributed by atoms with van der Waals surface area (Å²) in [6, 6.07) is 0.760. The molecule has 0 spiro atoms. The largest absolute Gasteiger partial charge is 0.446 e. The maximum Gasteiger partial charge on any atom is 0.195 e. The molecule has 1 N–H and O–H groups in total. The molecule has 1 aliphatic rings. The molecule has 0 aliphatic heterocycles. The number of hydrogen-bond acceptors (Lipinski definition) is 4. The fourth-order valence-corrected chi connectivity index (χ4v) is 1.74. The predicted molar refractivity (Wildman–Crippen MR) is 66.0 cm³/mol. The van der Waals surface area contributed by atoms with Crippen LogP contribution < -0.4 is 5.32 Å². The zero-order valence-corrected chi connectivity index (χ0v) is 10.6. The van der Waals surface area contributed by atoms with Crippen molar-refractivity contribution in [2.75, 3.05) is 19.8 Å². The summed E-state index contributed by atoms with van der Waals surface area (Å²) in [5, 5.41) is 3.45. The first-order valence-electron chi connectivity index (χ1n) is 6.63. The second-order valence-corrected chi connectivity index (χ2v) is 4.50. The molecule has 2 rings (SSSR count). The maximum atomic E-state index is 5.66. The van der Waals surface area contributed by atoms with E-state index in [1.165, 1.54) is 12.8 Å². The van der Waals surface area contributed by atoms with Crippen molar-refractivity contribution in [3.63, 3.8) is 0 Å². The molecule has 96 valence electrons. The fourth-order valence-electron chi connectivity index (χ4n) is 1.74. The zero-order valence-electron chi connectivity index (χ0n) is 10.6. The number of ether oxygens (including phenoxy) is 1. The van der Waals surface area contributed by atoms with Gasteiger partial charge in [0.25, 0.3) is 0 Å². The quantitative estimate of drug-likeness (QED) is 0.668. The number of oxazole rings is 1. The van der Waals surface area contributed by atoms with Gasteiger partial charge in [-0.25, -0.2) is 4.98 Å². The minimum absolute atomic E-state index is 0.760. The smallest absolute Gasteiger partial charge is 0.195 e. The molecule has 1 fully saturated rings. The Morgan fingerprint density at radius 2 is 2.35 bits per heavy atom. The van der Waals surface area contributed by atoms with E-state index in [1.54, 1.807) is 0 Å². The van der Waals surface area contributed by atoms with Gasteiger partial charge in [-0.1, -0.05) is 0 Å². The molecule has 0 saturated heterocycles. The van der Waals surface area contributed by atoms with E-state index in [2.05, 4.69) is 10.3 Å². The fraction of sp³-hybridized carbons (Fsp3) is 0.769. The molecule has 1 saturated carbocycles. The molecule has 0 amide bonds. The topological polar surface area (TPSA) is 47.3 Å². The summed E-state index contributed by atoms with van der Waals surface area (Å²) in [5.41, 5.74) is 0. The number of rotatable bonds is 9. The first-order valence-corrected chi connectivity index (χ1v) is 6.63. The number of aromatic nitrogens is 1. The first kappa shape index (κ1) is 12.6. The number of aryl methyl sites for hydroxylation is 1. The minimum Gasteiger partial charge on any atom is -0.446 e. The highest BCUT2D eigenvalue weighted by Crippen LogP contribution is 2.18. The van der Waals surface area contributed by atoms with E-state index in [0.29, 0.717) is 0 Å². The van der Waals surface area contributed by atoms with E-state index < -0.39 is 0 Å². The van der Waals surface area contributed by atoms with Crippen molar-refractivity contribution in [2.45, 2.75) is 45.1 Å². The lowest BCUT2D eigenvalue weighted by atomic mass is 10.3. The van der Waals surface area contributed by atoms with Gasteiger partial charge in [0.1, 0.15) is 5.76 Å². The lowest BCUT2D eigenvalue weighted by Crippen LogP contribution is -2.19. The van der Waals surface area contributed by atoms with E-state index in [9.17, 15) is 0 Å². The van der Waals surface area contributed by atoms with Crippen LogP contribution in [-0.2, 0) is 17.6 Å². The molecule has 0 atom stereocenters. The van der Waals surface area contributed by atoms with Crippen molar-refractivity contribution in [2.24, 2.45) is 0 Å². The lowest BCUT2D eigenvalue weighted by Gasteiger charge is -1.99. The van der Waals surface area contributed by atoms with Gasteiger partial charge in [-0.2, -0.15) is 0 Å². The Morgan fingerprint density at radius 1 is 1.47 bits per heavy atom. The summed E-state index contributed by atoms with van der Waals surface area (Å²) < 4.78 is 10.9. The highest BCUT2D eigenvalue weighted by atomic mass is 16.5. The van der Waals surface area contributed by atoms with Gasteiger partial charge in [0.15, 0.2) is 5.89 Å². The molecular formula is C13H22N2O2. The van der Waals surface area contributed by atoms with Crippen LogP contribution in [0.1, 0.15) is 37.8 Å². The van der Waals surface area contributed by atoms with Crippen molar-refractivity contribution in [1.29, 1.82) is 0 Å². The number of nitrogens with zero attached hydrogens (tertiary/aromatic N) is 1. The van der Waals surface area contributed by atoms with Crippen LogP contribution in [0.15, 0.2) is 10.6 Å². The molecule has 4 nitrogen and oxygen atoms in total. The molecule has 1 aliphatic carbocycles. The van der Waals surface area contributed by atoms with Crippen LogP contribution in [-0.4, -0.2) is 30.8 Å². The second kappa shape index (κ2) is 6.77. The average Bonchev–Trinajstić information content (AvgIpc) is 3.04. The summed E-state index contributed by atoms with van der Waals surface area (Å²) in [7, 11) is 0. The van der Waals surface area contributed by atoms with Gasteiger partial charge in [-0.05, 0) is 26.2 Å². The average molecular weight is 238 g/mol. The van der Waals surface area contributed by atoms with Crippen molar-refractivity contribution in [3.8, 4) is 0 Å². The minimum atomic E-state index is 0.760. The number of nitrogens with one attached hydrogen (secondary N) is 1. The summed E-state index contributed by atoms with van der Waals surface area (Å²) >= 11 is 0. The summed E-state index contributed by atoms with van der Waals surface area (Å²) in [6.45, 7) is 4.58. The molecular weight excluding hydrogens is 216 g/mol. The van der Waals surface area contributed by atoms with Crippen molar-refractivity contribution in [1.82, 2.24) is 10.3 Å².